The molecule has 0 aliphatic rings. The van der Waals surface area contributed by atoms with E-state index in [9.17, 15) is 9.18 Å². The largest absolute Gasteiger partial charge is 0.492 e. The third kappa shape index (κ3) is 3.81. The van der Waals surface area contributed by atoms with Gasteiger partial charge in [0.1, 0.15) is 11.6 Å². The van der Waals surface area contributed by atoms with Gasteiger partial charge in [-0.25, -0.2) is 4.39 Å². The minimum Gasteiger partial charge on any atom is -0.492 e. The summed E-state index contributed by atoms with van der Waals surface area (Å²) in [5.41, 5.74) is 0. The van der Waals surface area contributed by atoms with Crippen LogP contribution >= 0.6 is 15.9 Å². The Morgan fingerprint density at radius 3 is 2.75 bits per heavy atom. The Morgan fingerprint density at radius 2 is 2.19 bits per heavy atom. The summed E-state index contributed by atoms with van der Waals surface area (Å²) in [4.78, 5) is 12.7. The molecule has 5 heteroatoms. The van der Waals surface area contributed by atoms with E-state index in [1.165, 1.54) is 23.1 Å². The summed E-state index contributed by atoms with van der Waals surface area (Å²) in [5, 5.41) is 0. The monoisotopic (exact) mass is 289 g/mol. The van der Waals surface area contributed by atoms with Gasteiger partial charge in [-0.3, -0.25) is 4.79 Å². The minimum absolute atomic E-state index is 0.00164. The van der Waals surface area contributed by atoms with E-state index >= 15 is 0 Å². The maximum atomic E-state index is 12.8. The number of rotatable bonds is 4. The van der Waals surface area contributed by atoms with Crippen molar-refractivity contribution in [1.82, 2.24) is 4.90 Å². The van der Waals surface area contributed by atoms with Crippen LogP contribution in [0.1, 0.15) is 6.42 Å². The smallest absolute Gasteiger partial charge is 0.225 e. The summed E-state index contributed by atoms with van der Waals surface area (Å²) < 4.78 is 18.7. The molecule has 0 saturated carbocycles. The number of carbonyl (C=O) groups is 1. The third-order valence-electron chi connectivity index (χ3n) is 1.97. The first kappa shape index (κ1) is 13.0. The standard InChI is InChI=1S/C11H13BrFNO2/c1-14(2)11(15)5-6-16-10-4-3-8(13)7-9(10)12/h3-4,7H,5-6H2,1-2H3. The molecule has 0 unspecified atom stereocenters. The van der Waals surface area contributed by atoms with Crippen LogP contribution in [-0.2, 0) is 4.79 Å². The molecule has 0 aliphatic carbocycles. The van der Waals surface area contributed by atoms with Gasteiger partial charge in [0, 0.05) is 14.1 Å². The zero-order valence-electron chi connectivity index (χ0n) is 9.17. The van der Waals surface area contributed by atoms with E-state index in [4.69, 9.17) is 4.74 Å². The van der Waals surface area contributed by atoms with Gasteiger partial charge in [0.25, 0.3) is 0 Å². The molecule has 16 heavy (non-hydrogen) atoms. The molecule has 0 bridgehead atoms. The van der Waals surface area contributed by atoms with Crippen LogP contribution in [-0.4, -0.2) is 31.5 Å². The van der Waals surface area contributed by atoms with Crippen LogP contribution in [0.2, 0.25) is 0 Å². The molecule has 0 saturated heterocycles. The second-order valence-electron chi connectivity index (χ2n) is 3.46. The molecular formula is C11H13BrFNO2. The molecule has 0 spiro atoms. The first-order valence-electron chi connectivity index (χ1n) is 4.78. The van der Waals surface area contributed by atoms with Gasteiger partial charge in [-0.2, -0.15) is 0 Å². The predicted molar refractivity (Wildman–Crippen MR) is 62.9 cm³/mol. The number of carbonyl (C=O) groups excluding carboxylic acids is 1. The summed E-state index contributed by atoms with van der Waals surface area (Å²) in [6, 6.07) is 4.16. The lowest BCUT2D eigenvalue weighted by Crippen LogP contribution is -2.23. The van der Waals surface area contributed by atoms with E-state index in [1.54, 1.807) is 14.1 Å². The van der Waals surface area contributed by atoms with E-state index in [-0.39, 0.29) is 18.3 Å². The molecule has 0 N–H and O–H groups in total. The normalized spacial score (nSPS) is 10.0. The van der Waals surface area contributed by atoms with Crippen LogP contribution in [0.25, 0.3) is 0 Å². The van der Waals surface area contributed by atoms with E-state index in [1.807, 2.05) is 0 Å². The van der Waals surface area contributed by atoms with Crippen LogP contribution in [0.15, 0.2) is 22.7 Å². The Kier molecular flexibility index (Phi) is 4.73. The van der Waals surface area contributed by atoms with E-state index in [2.05, 4.69) is 15.9 Å². The molecule has 1 rings (SSSR count). The minimum atomic E-state index is -0.330. The first-order valence-corrected chi connectivity index (χ1v) is 5.58. The van der Waals surface area contributed by atoms with E-state index in [0.29, 0.717) is 16.6 Å². The van der Waals surface area contributed by atoms with Crippen molar-refractivity contribution in [3.05, 3.63) is 28.5 Å². The number of benzene rings is 1. The van der Waals surface area contributed by atoms with Gasteiger partial charge < -0.3 is 9.64 Å². The van der Waals surface area contributed by atoms with Crippen LogP contribution < -0.4 is 4.74 Å². The molecule has 1 amide bonds. The van der Waals surface area contributed by atoms with Crippen molar-refractivity contribution in [2.24, 2.45) is 0 Å². The van der Waals surface area contributed by atoms with Crippen molar-refractivity contribution in [1.29, 1.82) is 0 Å². The second-order valence-corrected chi connectivity index (χ2v) is 4.32. The van der Waals surface area contributed by atoms with Gasteiger partial charge in [-0.15, -0.1) is 0 Å². The molecular weight excluding hydrogens is 277 g/mol. The number of ether oxygens (including phenoxy) is 1. The zero-order valence-corrected chi connectivity index (χ0v) is 10.8. The molecule has 0 fully saturated rings. The van der Waals surface area contributed by atoms with Gasteiger partial charge in [0.15, 0.2) is 0 Å². The number of halogens is 2. The average molecular weight is 290 g/mol. The molecule has 88 valence electrons. The van der Waals surface area contributed by atoms with Crippen LogP contribution in [0, 0.1) is 5.82 Å². The molecule has 0 aromatic heterocycles. The Balaban J connectivity index is 2.46. The summed E-state index contributed by atoms with van der Waals surface area (Å²) in [5.74, 6) is 0.204. The predicted octanol–water partition coefficient (Wildman–Crippen LogP) is 2.45. The number of amides is 1. The second kappa shape index (κ2) is 5.84. The summed E-state index contributed by atoms with van der Waals surface area (Å²) in [7, 11) is 3.38. The Hall–Kier alpha value is -1.10. The number of hydrogen-bond acceptors (Lipinski definition) is 2. The van der Waals surface area contributed by atoms with Crippen molar-refractivity contribution in [2.45, 2.75) is 6.42 Å². The lowest BCUT2D eigenvalue weighted by Gasteiger charge is -2.11. The maximum Gasteiger partial charge on any atom is 0.225 e. The Morgan fingerprint density at radius 1 is 1.50 bits per heavy atom. The SMILES string of the molecule is CN(C)C(=O)CCOc1ccc(F)cc1Br. The zero-order chi connectivity index (χ0) is 12.1. The van der Waals surface area contributed by atoms with Crippen molar-refractivity contribution in [2.75, 3.05) is 20.7 Å². The third-order valence-corrected chi connectivity index (χ3v) is 2.59. The van der Waals surface area contributed by atoms with Crippen LogP contribution in [0.5, 0.6) is 5.75 Å². The van der Waals surface area contributed by atoms with Crippen molar-refractivity contribution >= 4 is 21.8 Å². The highest BCUT2D eigenvalue weighted by Crippen LogP contribution is 2.25. The fraction of sp³-hybridized carbons (Fsp3) is 0.364. The van der Waals surface area contributed by atoms with Gasteiger partial charge in [0.2, 0.25) is 5.91 Å². The molecule has 3 nitrogen and oxygen atoms in total. The first-order chi connectivity index (χ1) is 7.50. The van der Waals surface area contributed by atoms with Crippen LogP contribution in [0.3, 0.4) is 0 Å². The molecule has 0 aliphatic heterocycles. The maximum absolute atomic E-state index is 12.8. The van der Waals surface area contributed by atoms with Crippen molar-refractivity contribution < 1.29 is 13.9 Å². The fourth-order valence-electron chi connectivity index (χ4n) is 1.06. The van der Waals surface area contributed by atoms with Crippen LogP contribution in [0.4, 0.5) is 4.39 Å². The Labute approximate surface area is 102 Å². The lowest BCUT2D eigenvalue weighted by atomic mass is 10.3. The molecule has 0 radical (unpaired) electrons. The number of hydrogen-bond donors (Lipinski definition) is 0. The lowest BCUT2D eigenvalue weighted by molar-refractivity contribution is -0.129. The summed E-state index contributed by atoms with van der Waals surface area (Å²) >= 11 is 3.18. The van der Waals surface area contributed by atoms with Gasteiger partial charge in [-0.1, -0.05) is 0 Å². The van der Waals surface area contributed by atoms with E-state index in [0.717, 1.165) is 0 Å². The molecule has 0 atom stereocenters. The molecule has 0 heterocycles. The average Bonchev–Trinajstić information content (AvgIpc) is 2.20. The molecule has 1 aromatic rings. The fourth-order valence-corrected chi connectivity index (χ4v) is 1.53. The highest BCUT2D eigenvalue weighted by molar-refractivity contribution is 9.10. The highest BCUT2D eigenvalue weighted by Gasteiger charge is 2.06. The summed E-state index contributed by atoms with van der Waals surface area (Å²) in [6.45, 7) is 0.279. The molecule has 1 aromatic carbocycles. The van der Waals surface area contributed by atoms with Crippen molar-refractivity contribution in [3.63, 3.8) is 0 Å². The quantitative estimate of drug-likeness (QED) is 0.852. The van der Waals surface area contributed by atoms with Gasteiger partial charge in [0.05, 0.1) is 17.5 Å². The van der Waals surface area contributed by atoms with Gasteiger partial charge in [-0.05, 0) is 34.1 Å². The van der Waals surface area contributed by atoms with Gasteiger partial charge >= 0.3 is 0 Å². The van der Waals surface area contributed by atoms with E-state index < -0.39 is 0 Å². The topological polar surface area (TPSA) is 29.5 Å². The summed E-state index contributed by atoms with van der Waals surface area (Å²) in [6.07, 6.45) is 0.302. The highest BCUT2D eigenvalue weighted by atomic mass is 79.9. The number of nitrogens with zero attached hydrogens (tertiary/aromatic N) is 1. The Bertz CT molecular complexity index is 382. The van der Waals surface area contributed by atoms with Crippen molar-refractivity contribution in [3.8, 4) is 5.75 Å².